The van der Waals surface area contributed by atoms with Gasteiger partial charge in [-0.2, -0.15) is 9.78 Å². The SMILES string of the molecule is CCOC(=O)c1nn(-c2ccc(C)cc2)c(=O)cc1NCc1ccccc1. The Kier molecular flexibility index (Phi) is 5.66. The largest absolute Gasteiger partial charge is 0.461 e. The molecule has 0 atom stereocenters. The maximum atomic E-state index is 12.6. The van der Waals surface area contributed by atoms with E-state index in [0.29, 0.717) is 17.9 Å². The molecule has 0 bridgehead atoms. The average Bonchev–Trinajstić information content (AvgIpc) is 2.68. The molecule has 138 valence electrons. The molecule has 6 heteroatoms. The van der Waals surface area contributed by atoms with Crippen LogP contribution in [0.3, 0.4) is 0 Å². The van der Waals surface area contributed by atoms with Crippen molar-refractivity contribution in [3.63, 3.8) is 0 Å². The molecule has 1 heterocycles. The molecule has 0 aliphatic rings. The molecular formula is C21H21N3O3. The summed E-state index contributed by atoms with van der Waals surface area (Å²) in [6, 6.07) is 18.4. The lowest BCUT2D eigenvalue weighted by atomic mass is 10.2. The van der Waals surface area contributed by atoms with Crippen LogP contribution in [0, 0.1) is 6.92 Å². The van der Waals surface area contributed by atoms with E-state index in [-0.39, 0.29) is 17.9 Å². The van der Waals surface area contributed by atoms with Crippen LogP contribution in [0.15, 0.2) is 65.5 Å². The standard InChI is InChI=1S/C21H21N3O3/c1-3-27-21(26)20-18(22-14-16-7-5-4-6-8-16)13-19(25)24(23-20)17-11-9-15(2)10-12-17/h4-13,22H,3,14H2,1-2H3. The Morgan fingerprint density at radius 2 is 1.81 bits per heavy atom. The normalized spacial score (nSPS) is 10.4. The molecule has 3 aromatic rings. The van der Waals surface area contributed by atoms with E-state index < -0.39 is 5.97 Å². The van der Waals surface area contributed by atoms with Crippen molar-refractivity contribution >= 4 is 11.7 Å². The van der Waals surface area contributed by atoms with Crippen molar-refractivity contribution in [2.24, 2.45) is 0 Å². The van der Waals surface area contributed by atoms with E-state index in [2.05, 4.69) is 10.4 Å². The van der Waals surface area contributed by atoms with Gasteiger partial charge in [0.25, 0.3) is 5.56 Å². The zero-order valence-electron chi connectivity index (χ0n) is 15.3. The number of hydrogen-bond donors (Lipinski definition) is 1. The number of nitrogens with zero attached hydrogens (tertiary/aromatic N) is 2. The fraction of sp³-hybridized carbons (Fsp3) is 0.190. The third-order valence-electron chi connectivity index (χ3n) is 4.00. The Bertz CT molecular complexity index is 980. The van der Waals surface area contributed by atoms with E-state index in [9.17, 15) is 9.59 Å². The van der Waals surface area contributed by atoms with E-state index in [1.165, 1.54) is 10.7 Å². The molecule has 0 aliphatic heterocycles. The first kappa shape index (κ1) is 18.4. The number of carbonyl (C=O) groups is 1. The van der Waals surface area contributed by atoms with Gasteiger partial charge in [0.15, 0.2) is 5.69 Å². The van der Waals surface area contributed by atoms with Gasteiger partial charge in [-0.05, 0) is 31.5 Å². The number of aromatic nitrogens is 2. The third-order valence-corrected chi connectivity index (χ3v) is 4.00. The van der Waals surface area contributed by atoms with Crippen LogP contribution in [0.2, 0.25) is 0 Å². The van der Waals surface area contributed by atoms with Gasteiger partial charge in [-0.1, -0.05) is 48.0 Å². The molecule has 0 saturated heterocycles. The van der Waals surface area contributed by atoms with E-state index >= 15 is 0 Å². The lowest BCUT2D eigenvalue weighted by Gasteiger charge is -2.13. The van der Waals surface area contributed by atoms with Gasteiger partial charge in [0.05, 0.1) is 18.0 Å². The summed E-state index contributed by atoms with van der Waals surface area (Å²) >= 11 is 0. The Morgan fingerprint density at radius 3 is 2.48 bits per heavy atom. The minimum atomic E-state index is -0.575. The van der Waals surface area contributed by atoms with Gasteiger partial charge in [-0.25, -0.2) is 4.79 Å². The van der Waals surface area contributed by atoms with E-state index in [0.717, 1.165) is 11.1 Å². The number of nitrogens with one attached hydrogen (secondary N) is 1. The predicted octanol–water partition coefficient (Wildman–Crippen LogP) is 3.33. The molecule has 0 fully saturated rings. The number of carbonyl (C=O) groups excluding carboxylic acids is 1. The number of anilines is 1. The monoisotopic (exact) mass is 363 g/mol. The van der Waals surface area contributed by atoms with Gasteiger partial charge in [0.2, 0.25) is 0 Å². The summed E-state index contributed by atoms with van der Waals surface area (Å²) in [5.74, 6) is -0.575. The molecular weight excluding hydrogens is 342 g/mol. The molecule has 1 aromatic heterocycles. The van der Waals surface area contributed by atoms with E-state index in [1.807, 2.05) is 49.4 Å². The zero-order chi connectivity index (χ0) is 19.2. The first-order valence-corrected chi connectivity index (χ1v) is 8.75. The first-order chi connectivity index (χ1) is 13.1. The quantitative estimate of drug-likeness (QED) is 0.680. The number of esters is 1. The number of ether oxygens (including phenoxy) is 1. The number of rotatable bonds is 6. The second-order valence-corrected chi connectivity index (χ2v) is 6.05. The first-order valence-electron chi connectivity index (χ1n) is 8.75. The van der Waals surface area contributed by atoms with Crippen LogP contribution in [0.1, 0.15) is 28.5 Å². The highest BCUT2D eigenvalue weighted by atomic mass is 16.5. The van der Waals surface area contributed by atoms with Crippen molar-refractivity contribution in [1.82, 2.24) is 9.78 Å². The average molecular weight is 363 g/mol. The Labute approximate surface area is 157 Å². The van der Waals surface area contributed by atoms with Crippen LogP contribution in [0.5, 0.6) is 0 Å². The minimum absolute atomic E-state index is 0.0768. The molecule has 6 nitrogen and oxygen atoms in total. The molecule has 3 rings (SSSR count). The molecule has 0 radical (unpaired) electrons. The summed E-state index contributed by atoms with van der Waals surface area (Å²) in [5.41, 5.74) is 2.78. The maximum absolute atomic E-state index is 12.6. The van der Waals surface area contributed by atoms with Crippen molar-refractivity contribution in [1.29, 1.82) is 0 Å². The van der Waals surface area contributed by atoms with Crippen molar-refractivity contribution in [2.45, 2.75) is 20.4 Å². The summed E-state index contributed by atoms with van der Waals surface area (Å²) in [7, 11) is 0. The van der Waals surface area contributed by atoms with E-state index in [1.54, 1.807) is 19.1 Å². The lowest BCUT2D eigenvalue weighted by molar-refractivity contribution is 0.0518. The van der Waals surface area contributed by atoms with Crippen LogP contribution in [0.4, 0.5) is 5.69 Å². The van der Waals surface area contributed by atoms with E-state index in [4.69, 9.17) is 4.74 Å². The molecule has 0 amide bonds. The van der Waals surface area contributed by atoms with Gasteiger partial charge >= 0.3 is 5.97 Å². The fourth-order valence-electron chi connectivity index (χ4n) is 2.61. The highest BCUT2D eigenvalue weighted by Crippen LogP contribution is 2.15. The summed E-state index contributed by atoms with van der Waals surface area (Å²) < 4.78 is 6.32. The number of benzene rings is 2. The molecule has 2 aromatic carbocycles. The highest BCUT2D eigenvalue weighted by Gasteiger charge is 2.18. The van der Waals surface area contributed by atoms with Gasteiger partial charge in [-0.3, -0.25) is 4.79 Å². The van der Waals surface area contributed by atoms with Crippen LogP contribution in [0.25, 0.3) is 5.69 Å². The van der Waals surface area contributed by atoms with Crippen LogP contribution < -0.4 is 10.9 Å². The topological polar surface area (TPSA) is 73.2 Å². The highest BCUT2D eigenvalue weighted by molar-refractivity contribution is 5.93. The Hall–Kier alpha value is -3.41. The number of hydrogen-bond acceptors (Lipinski definition) is 5. The lowest BCUT2D eigenvalue weighted by Crippen LogP contribution is -2.25. The van der Waals surface area contributed by atoms with Gasteiger partial charge in [0.1, 0.15) is 0 Å². The second-order valence-electron chi connectivity index (χ2n) is 6.05. The molecule has 0 saturated carbocycles. The van der Waals surface area contributed by atoms with Crippen LogP contribution >= 0.6 is 0 Å². The minimum Gasteiger partial charge on any atom is -0.461 e. The smallest absolute Gasteiger partial charge is 0.360 e. The van der Waals surface area contributed by atoms with Crippen molar-refractivity contribution in [3.05, 3.63) is 87.8 Å². The molecule has 0 aliphatic carbocycles. The van der Waals surface area contributed by atoms with Crippen LogP contribution in [-0.2, 0) is 11.3 Å². The molecule has 0 unspecified atom stereocenters. The van der Waals surface area contributed by atoms with Gasteiger partial charge in [-0.15, -0.1) is 0 Å². The van der Waals surface area contributed by atoms with Gasteiger partial charge in [0, 0.05) is 12.6 Å². The molecule has 0 spiro atoms. The molecule has 1 N–H and O–H groups in total. The predicted molar refractivity (Wildman–Crippen MR) is 104 cm³/mol. The summed E-state index contributed by atoms with van der Waals surface area (Å²) in [5, 5.41) is 7.39. The summed E-state index contributed by atoms with van der Waals surface area (Å²) in [6.45, 7) is 4.37. The van der Waals surface area contributed by atoms with Crippen molar-refractivity contribution in [2.75, 3.05) is 11.9 Å². The van der Waals surface area contributed by atoms with Crippen molar-refractivity contribution in [3.8, 4) is 5.69 Å². The van der Waals surface area contributed by atoms with Gasteiger partial charge < -0.3 is 10.1 Å². The summed E-state index contributed by atoms with van der Waals surface area (Å²) in [4.78, 5) is 25.0. The maximum Gasteiger partial charge on any atom is 0.360 e. The Morgan fingerprint density at radius 1 is 1.11 bits per heavy atom. The summed E-state index contributed by atoms with van der Waals surface area (Å²) in [6.07, 6.45) is 0. The zero-order valence-corrected chi connectivity index (χ0v) is 15.3. The van der Waals surface area contributed by atoms with Crippen LogP contribution in [-0.4, -0.2) is 22.4 Å². The third kappa shape index (κ3) is 4.41. The molecule has 27 heavy (non-hydrogen) atoms. The second kappa shape index (κ2) is 8.31. The number of aryl methyl sites for hydroxylation is 1. The fourth-order valence-corrected chi connectivity index (χ4v) is 2.61. The van der Waals surface area contributed by atoms with Crippen molar-refractivity contribution < 1.29 is 9.53 Å². The Balaban J connectivity index is 1.99.